The number of halogens is 1. The van der Waals surface area contributed by atoms with Crippen LogP contribution in [0.25, 0.3) is 0 Å². The zero-order chi connectivity index (χ0) is 15.9. The summed E-state index contributed by atoms with van der Waals surface area (Å²) in [4.78, 5) is 12.1. The molecule has 0 unspecified atom stereocenters. The lowest BCUT2D eigenvalue weighted by Gasteiger charge is -2.07. The molecule has 0 saturated heterocycles. The number of amides is 1. The minimum Gasteiger partial charge on any atom is -0.360 e. The standard InChI is InChI=1S/C17H14ClN3O/c1-12-5-2-3-8-16(12)20-11-13(10-19)17(22)21-15-7-4-6-14(18)9-15/h2-9,11,20H,1H3,(H,21,22)/b13-11-. The Balaban J connectivity index is 2.11. The van der Waals surface area contributed by atoms with Crippen LogP contribution in [0.4, 0.5) is 11.4 Å². The Morgan fingerprint density at radius 1 is 1.23 bits per heavy atom. The Kier molecular flexibility index (Phi) is 5.18. The van der Waals surface area contributed by atoms with Crippen molar-refractivity contribution < 1.29 is 4.79 Å². The molecule has 2 aromatic carbocycles. The number of nitrogens with zero attached hydrogens (tertiary/aromatic N) is 1. The molecule has 2 N–H and O–H groups in total. The highest BCUT2D eigenvalue weighted by Gasteiger charge is 2.09. The van der Waals surface area contributed by atoms with Gasteiger partial charge in [0, 0.05) is 22.6 Å². The van der Waals surface area contributed by atoms with Gasteiger partial charge in [-0.15, -0.1) is 0 Å². The molecule has 0 saturated carbocycles. The lowest BCUT2D eigenvalue weighted by Crippen LogP contribution is -2.14. The average molecular weight is 312 g/mol. The Morgan fingerprint density at radius 3 is 2.68 bits per heavy atom. The van der Waals surface area contributed by atoms with Gasteiger partial charge in [-0.1, -0.05) is 35.9 Å². The van der Waals surface area contributed by atoms with Crippen LogP contribution in [-0.4, -0.2) is 5.91 Å². The number of hydrogen-bond acceptors (Lipinski definition) is 3. The van der Waals surface area contributed by atoms with Gasteiger partial charge in [0.2, 0.25) is 0 Å². The SMILES string of the molecule is Cc1ccccc1N/C=C(/C#N)C(=O)Nc1cccc(Cl)c1. The first-order chi connectivity index (χ1) is 10.6. The van der Waals surface area contributed by atoms with Crippen molar-refractivity contribution in [2.75, 3.05) is 10.6 Å². The molecular weight excluding hydrogens is 298 g/mol. The Labute approximate surface area is 134 Å². The van der Waals surface area contributed by atoms with E-state index in [1.807, 2.05) is 37.3 Å². The lowest BCUT2D eigenvalue weighted by molar-refractivity contribution is -0.112. The van der Waals surface area contributed by atoms with Crippen molar-refractivity contribution in [3.05, 3.63) is 70.9 Å². The van der Waals surface area contributed by atoms with Gasteiger partial charge in [0.15, 0.2) is 0 Å². The van der Waals surface area contributed by atoms with Crippen LogP contribution < -0.4 is 10.6 Å². The minimum atomic E-state index is -0.495. The summed E-state index contributed by atoms with van der Waals surface area (Å²) >= 11 is 5.86. The molecule has 0 fully saturated rings. The number of para-hydroxylation sites is 1. The fraction of sp³-hybridized carbons (Fsp3) is 0.0588. The topological polar surface area (TPSA) is 64.9 Å². The van der Waals surface area contributed by atoms with Crippen LogP contribution >= 0.6 is 11.6 Å². The maximum atomic E-state index is 12.1. The Morgan fingerprint density at radius 2 is 2.00 bits per heavy atom. The molecule has 2 aromatic rings. The van der Waals surface area contributed by atoms with Crippen LogP contribution in [0.1, 0.15) is 5.56 Å². The van der Waals surface area contributed by atoms with E-state index in [0.29, 0.717) is 10.7 Å². The first-order valence-corrected chi connectivity index (χ1v) is 6.97. The molecule has 0 spiro atoms. The molecule has 22 heavy (non-hydrogen) atoms. The van der Waals surface area contributed by atoms with Gasteiger partial charge in [0.05, 0.1) is 0 Å². The van der Waals surface area contributed by atoms with E-state index in [1.165, 1.54) is 6.20 Å². The zero-order valence-corrected chi connectivity index (χ0v) is 12.7. The summed E-state index contributed by atoms with van der Waals surface area (Å²) < 4.78 is 0. The first-order valence-electron chi connectivity index (χ1n) is 6.59. The van der Waals surface area contributed by atoms with Crippen molar-refractivity contribution in [1.29, 1.82) is 5.26 Å². The van der Waals surface area contributed by atoms with Crippen molar-refractivity contribution in [3.63, 3.8) is 0 Å². The molecule has 0 aliphatic rings. The molecule has 0 aliphatic carbocycles. The molecule has 2 rings (SSSR count). The average Bonchev–Trinajstić information content (AvgIpc) is 2.49. The fourth-order valence-electron chi connectivity index (χ4n) is 1.80. The van der Waals surface area contributed by atoms with Crippen LogP contribution in [0, 0.1) is 18.3 Å². The summed E-state index contributed by atoms with van der Waals surface area (Å²) in [6.45, 7) is 1.94. The number of carbonyl (C=O) groups is 1. The third-order valence-corrected chi connectivity index (χ3v) is 3.20. The zero-order valence-electron chi connectivity index (χ0n) is 11.9. The predicted molar refractivity (Wildman–Crippen MR) is 88.6 cm³/mol. The van der Waals surface area contributed by atoms with Gasteiger partial charge in [-0.2, -0.15) is 5.26 Å². The van der Waals surface area contributed by atoms with E-state index in [1.54, 1.807) is 24.3 Å². The van der Waals surface area contributed by atoms with E-state index >= 15 is 0 Å². The van der Waals surface area contributed by atoms with Crippen LogP contribution in [0.5, 0.6) is 0 Å². The quantitative estimate of drug-likeness (QED) is 0.660. The van der Waals surface area contributed by atoms with E-state index in [9.17, 15) is 4.79 Å². The molecule has 1 amide bonds. The molecule has 0 bridgehead atoms. The van der Waals surface area contributed by atoms with Crippen LogP contribution in [0.3, 0.4) is 0 Å². The van der Waals surface area contributed by atoms with Crippen LogP contribution in [0.15, 0.2) is 60.3 Å². The third-order valence-electron chi connectivity index (χ3n) is 2.96. The monoisotopic (exact) mass is 311 g/mol. The van der Waals surface area contributed by atoms with Gasteiger partial charge in [-0.25, -0.2) is 0 Å². The third kappa shape index (κ3) is 4.11. The maximum absolute atomic E-state index is 12.1. The number of benzene rings is 2. The highest BCUT2D eigenvalue weighted by Crippen LogP contribution is 2.16. The van der Waals surface area contributed by atoms with Gasteiger partial charge in [0.25, 0.3) is 5.91 Å². The van der Waals surface area contributed by atoms with Gasteiger partial charge < -0.3 is 10.6 Å². The number of nitrogens with one attached hydrogen (secondary N) is 2. The van der Waals surface area contributed by atoms with Crippen molar-refractivity contribution in [1.82, 2.24) is 0 Å². The summed E-state index contributed by atoms with van der Waals surface area (Å²) in [6.07, 6.45) is 1.39. The first kappa shape index (κ1) is 15.6. The molecular formula is C17H14ClN3O. The Hall–Kier alpha value is -2.77. The van der Waals surface area contributed by atoms with Gasteiger partial charge in [-0.3, -0.25) is 4.79 Å². The highest BCUT2D eigenvalue weighted by atomic mass is 35.5. The van der Waals surface area contributed by atoms with Gasteiger partial charge >= 0.3 is 0 Å². The number of anilines is 2. The van der Waals surface area contributed by atoms with E-state index in [4.69, 9.17) is 16.9 Å². The van der Waals surface area contributed by atoms with Crippen molar-refractivity contribution >= 4 is 28.9 Å². The van der Waals surface area contributed by atoms with Gasteiger partial charge in [0.1, 0.15) is 11.6 Å². The summed E-state index contributed by atoms with van der Waals surface area (Å²) in [6, 6.07) is 16.2. The second-order valence-corrected chi connectivity index (χ2v) is 5.03. The van der Waals surface area contributed by atoms with Crippen molar-refractivity contribution in [2.24, 2.45) is 0 Å². The minimum absolute atomic E-state index is 0.0248. The molecule has 4 nitrogen and oxygen atoms in total. The summed E-state index contributed by atoms with van der Waals surface area (Å²) in [5.74, 6) is -0.495. The van der Waals surface area contributed by atoms with Crippen molar-refractivity contribution in [3.8, 4) is 6.07 Å². The van der Waals surface area contributed by atoms with E-state index in [0.717, 1.165) is 11.3 Å². The fourth-order valence-corrected chi connectivity index (χ4v) is 1.99. The summed E-state index contributed by atoms with van der Waals surface area (Å²) in [5.41, 5.74) is 2.37. The maximum Gasteiger partial charge on any atom is 0.267 e. The number of nitriles is 1. The second-order valence-electron chi connectivity index (χ2n) is 4.59. The molecule has 110 valence electrons. The number of carbonyl (C=O) groups excluding carboxylic acids is 1. The van der Waals surface area contributed by atoms with Gasteiger partial charge in [-0.05, 0) is 36.8 Å². The van der Waals surface area contributed by atoms with Crippen LogP contribution in [-0.2, 0) is 4.79 Å². The highest BCUT2D eigenvalue weighted by molar-refractivity contribution is 6.31. The van der Waals surface area contributed by atoms with Crippen molar-refractivity contribution in [2.45, 2.75) is 6.92 Å². The van der Waals surface area contributed by atoms with E-state index in [-0.39, 0.29) is 5.57 Å². The molecule has 0 aromatic heterocycles. The molecule has 5 heteroatoms. The van der Waals surface area contributed by atoms with E-state index in [2.05, 4.69) is 10.6 Å². The largest absolute Gasteiger partial charge is 0.360 e. The number of hydrogen-bond donors (Lipinski definition) is 2. The smallest absolute Gasteiger partial charge is 0.267 e. The lowest BCUT2D eigenvalue weighted by atomic mass is 10.2. The Bertz CT molecular complexity index is 762. The molecule has 0 radical (unpaired) electrons. The normalized spacial score (nSPS) is 10.7. The molecule has 0 atom stereocenters. The molecule has 0 aliphatic heterocycles. The number of rotatable bonds is 4. The summed E-state index contributed by atoms with van der Waals surface area (Å²) in [5, 5.41) is 15.2. The second kappa shape index (κ2) is 7.30. The summed E-state index contributed by atoms with van der Waals surface area (Å²) in [7, 11) is 0. The molecule has 0 heterocycles. The van der Waals surface area contributed by atoms with E-state index < -0.39 is 5.91 Å². The predicted octanol–water partition coefficient (Wildman–Crippen LogP) is 4.11. The number of aryl methyl sites for hydroxylation is 1. The van der Waals surface area contributed by atoms with Crippen LogP contribution in [0.2, 0.25) is 5.02 Å².